The van der Waals surface area contributed by atoms with E-state index in [1.807, 2.05) is 6.92 Å². The highest BCUT2D eigenvalue weighted by atomic mass is 32.2. The molecule has 18 heavy (non-hydrogen) atoms. The van der Waals surface area contributed by atoms with E-state index in [-0.39, 0.29) is 17.2 Å². The number of carbonyl (C=O) groups is 1. The Morgan fingerprint density at radius 2 is 2.11 bits per heavy atom. The fraction of sp³-hybridized carbons (Fsp3) is 0.917. The molecule has 0 aromatic carbocycles. The van der Waals surface area contributed by atoms with Crippen LogP contribution in [-0.4, -0.2) is 54.0 Å². The molecule has 2 unspecified atom stereocenters. The third kappa shape index (κ3) is 6.47. The molecule has 0 saturated carbocycles. The summed E-state index contributed by atoms with van der Waals surface area (Å²) in [6.45, 7) is 4.48. The minimum absolute atomic E-state index is 0.0344. The third-order valence-corrected chi connectivity index (χ3v) is 4.54. The van der Waals surface area contributed by atoms with E-state index in [0.29, 0.717) is 6.54 Å². The van der Waals surface area contributed by atoms with E-state index in [9.17, 15) is 9.00 Å². The standard InChI is InChI=1S/C12H24N2O3S/c1-10(18(2)16)3-6-13-9-12(15)14-11-4-7-17-8-5-11/h10-11,13H,3-9H2,1-2H3,(H,14,15). The van der Waals surface area contributed by atoms with Gasteiger partial charge < -0.3 is 15.4 Å². The summed E-state index contributed by atoms with van der Waals surface area (Å²) in [7, 11) is -0.785. The Morgan fingerprint density at radius 3 is 2.72 bits per heavy atom. The van der Waals surface area contributed by atoms with Crippen LogP contribution in [0.1, 0.15) is 26.2 Å². The Morgan fingerprint density at radius 1 is 1.44 bits per heavy atom. The first kappa shape index (κ1) is 15.6. The van der Waals surface area contributed by atoms with Gasteiger partial charge in [0.2, 0.25) is 5.91 Å². The highest BCUT2D eigenvalue weighted by molar-refractivity contribution is 7.84. The molecule has 0 aromatic heterocycles. The second kappa shape index (κ2) is 8.61. The van der Waals surface area contributed by atoms with Crippen LogP contribution in [0.25, 0.3) is 0 Å². The van der Waals surface area contributed by atoms with E-state index in [1.54, 1.807) is 6.26 Å². The van der Waals surface area contributed by atoms with Crippen molar-refractivity contribution in [3.05, 3.63) is 0 Å². The molecule has 1 aliphatic rings. The first-order valence-electron chi connectivity index (χ1n) is 6.49. The van der Waals surface area contributed by atoms with Gasteiger partial charge in [0.1, 0.15) is 0 Å². The molecule has 2 atom stereocenters. The summed E-state index contributed by atoms with van der Waals surface area (Å²) in [5.74, 6) is 0.0344. The van der Waals surface area contributed by atoms with E-state index in [0.717, 1.165) is 39.0 Å². The minimum Gasteiger partial charge on any atom is -0.381 e. The van der Waals surface area contributed by atoms with Crippen molar-refractivity contribution in [2.45, 2.75) is 37.5 Å². The lowest BCUT2D eigenvalue weighted by Gasteiger charge is -2.23. The van der Waals surface area contributed by atoms with Crippen molar-refractivity contribution in [1.29, 1.82) is 0 Å². The maximum absolute atomic E-state index is 11.6. The summed E-state index contributed by atoms with van der Waals surface area (Å²) in [6, 6.07) is 0.259. The molecule has 1 heterocycles. The van der Waals surface area contributed by atoms with E-state index in [2.05, 4.69) is 10.6 Å². The van der Waals surface area contributed by atoms with Gasteiger partial charge in [0.25, 0.3) is 0 Å². The van der Waals surface area contributed by atoms with E-state index in [4.69, 9.17) is 4.74 Å². The second-order valence-electron chi connectivity index (χ2n) is 4.73. The van der Waals surface area contributed by atoms with Gasteiger partial charge in [0, 0.05) is 41.6 Å². The van der Waals surface area contributed by atoms with Crippen molar-refractivity contribution < 1.29 is 13.7 Å². The van der Waals surface area contributed by atoms with Crippen LogP contribution in [0.4, 0.5) is 0 Å². The van der Waals surface area contributed by atoms with E-state index >= 15 is 0 Å². The first-order valence-corrected chi connectivity index (χ1v) is 8.11. The highest BCUT2D eigenvalue weighted by Gasteiger charge is 2.15. The fourth-order valence-corrected chi connectivity index (χ4v) is 2.24. The summed E-state index contributed by atoms with van der Waals surface area (Å²) < 4.78 is 16.4. The molecule has 1 rings (SSSR count). The van der Waals surface area contributed by atoms with Gasteiger partial charge in [0.05, 0.1) is 6.54 Å². The van der Waals surface area contributed by atoms with E-state index in [1.165, 1.54) is 0 Å². The van der Waals surface area contributed by atoms with Crippen LogP contribution in [0.15, 0.2) is 0 Å². The van der Waals surface area contributed by atoms with Gasteiger partial charge in [-0.15, -0.1) is 0 Å². The predicted octanol–water partition coefficient (Wildman–Crippen LogP) is 0.0283. The van der Waals surface area contributed by atoms with Crippen LogP contribution in [-0.2, 0) is 20.3 Å². The van der Waals surface area contributed by atoms with Crippen LogP contribution < -0.4 is 10.6 Å². The Bertz CT molecular complexity index is 280. The quantitative estimate of drug-likeness (QED) is 0.644. The molecule has 0 aliphatic carbocycles. The molecule has 0 bridgehead atoms. The van der Waals surface area contributed by atoms with Crippen molar-refractivity contribution in [3.63, 3.8) is 0 Å². The number of ether oxygens (including phenoxy) is 1. The van der Waals surface area contributed by atoms with Crippen molar-refractivity contribution in [2.75, 3.05) is 32.6 Å². The van der Waals surface area contributed by atoms with Gasteiger partial charge in [-0.1, -0.05) is 6.92 Å². The van der Waals surface area contributed by atoms with Crippen molar-refractivity contribution in [1.82, 2.24) is 10.6 Å². The highest BCUT2D eigenvalue weighted by Crippen LogP contribution is 2.05. The van der Waals surface area contributed by atoms with Crippen LogP contribution >= 0.6 is 0 Å². The Hall–Kier alpha value is -0.460. The molecule has 1 aliphatic heterocycles. The number of hydrogen-bond donors (Lipinski definition) is 2. The maximum atomic E-state index is 11.6. The number of hydrogen-bond acceptors (Lipinski definition) is 4. The monoisotopic (exact) mass is 276 g/mol. The van der Waals surface area contributed by atoms with Crippen LogP contribution in [0, 0.1) is 0 Å². The van der Waals surface area contributed by atoms with Crippen molar-refractivity contribution in [3.8, 4) is 0 Å². The Kier molecular flexibility index (Phi) is 7.46. The van der Waals surface area contributed by atoms with Gasteiger partial charge in [-0.2, -0.15) is 0 Å². The molecule has 5 nitrogen and oxygen atoms in total. The largest absolute Gasteiger partial charge is 0.381 e. The average molecular weight is 276 g/mol. The topological polar surface area (TPSA) is 67.4 Å². The number of nitrogens with one attached hydrogen (secondary N) is 2. The second-order valence-corrected chi connectivity index (χ2v) is 6.53. The maximum Gasteiger partial charge on any atom is 0.234 e. The zero-order chi connectivity index (χ0) is 13.4. The van der Waals surface area contributed by atoms with Crippen molar-refractivity contribution in [2.24, 2.45) is 0 Å². The van der Waals surface area contributed by atoms with Gasteiger partial charge in [-0.05, 0) is 25.8 Å². The molecule has 1 saturated heterocycles. The van der Waals surface area contributed by atoms with Crippen LogP contribution in [0.3, 0.4) is 0 Å². The Labute approximate surface area is 111 Å². The molecule has 6 heteroatoms. The zero-order valence-corrected chi connectivity index (χ0v) is 12.1. The summed E-state index contributed by atoms with van der Waals surface area (Å²) in [4.78, 5) is 11.6. The van der Waals surface area contributed by atoms with E-state index < -0.39 is 10.8 Å². The number of rotatable bonds is 7. The third-order valence-electron chi connectivity index (χ3n) is 3.17. The van der Waals surface area contributed by atoms with Gasteiger partial charge in [-0.3, -0.25) is 9.00 Å². The molecule has 1 amide bonds. The molecule has 0 spiro atoms. The van der Waals surface area contributed by atoms with Crippen molar-refractivity contribution >= 4 is 16.7 Å². The normalized spacial score (nSPS) is 20.3. The molecular formula is C12H24N2O3S. The first-order chi connectivity index (χ1) is 8.59. The van der Waals surface area contributed by atoms with Gasteiger partial charge >= 0.3 is 0 Å². The smallest absolute Gasteiger partial charge is 0.234 e. The van der Waals surface area contributed by atoms with Gasteiger partial charge in [0.15, 0.2) is 0 Å². The molecule has 106 valence electrons. The minimum atomic E-state index is -0.785. The summed E-state index contributed by atoms with van der Waals surface area (Å²) in [5.41, 5.74) is 0. The van der Waals surface area contributed by atoms with Gasteiger partial charge in [-0.25, -0.2) is 0 Å². The zero-order valence-electron chi connectivity index (χ0n) is 11.2. The molecule has 2 N–H and O–H groups in total. The summed E-state index contributed by atoms with van der Waals surface area (Å²) in [5, 5.41) is 6.25. The average Bonchev–Trinajstić information content (AvgIpc) is 2.35. The molecule has 1 fully saturated rings. The lowest BCUT2D eigenvalue weighted by atomic mass is 10.1. The Balaban J connectivity index is 2.04. The summed E-state index contributed by atoms with van der Waals surface area (Å²) in [6.07, 6.45) is 4.34. The van der Waals surface area contributed by atoms with Crippen LogP contribution in [0.2, 0.25) is 0 Å². The lowest BCUT2D eigenvalue weighted by Crippen LogP contribution is -2.43. The van der Waals surface area contributed by atoms with Crippen LogP contribution in [0.5, 0.6) is 0 Å². The molecule has 0 aromatic rings. The fourth-order valence-electron chi connectivity index (χ4n) is 1.79. The lowest BCUT2D eigenvalue weighted by molar-refractivity contribution is -0.121. The number of carbonyl (C=O) groups excluding carboxylic acids is 1. The summed E-state index contributed by atoms with van der Waals surface area (Å²) >= 11 is 0. The molecule has 0 radical (unpaired) electrons. The number of amides is 1. The SMILES string of the molecule is CC(CCNCC(=O)NC1CCOCC1)S(C)=O. The molecular weight excluding hydrogens is 252 g/mol. The predicted molar refractivity (Wildman–Crippen MR) is 73.0 cm³/mol.